The molecule has 0 bridgehead atoms. The zero-order valence-electron chi connectivity index (χ0n) is 7.66. The first kappa shape index (κ1) is 9.33. The van der Waals surface area contributed by atoms with Gasteiger partial charge in [0, 0.05) is 19.8 Å². The monoisotopic (exact) mass is 177 g/mol. The van der Waals surface area contributed by atoms with E-state index in [0.717, 1.165) is 0 Å². The quantitative estimate of drug-likeness (QED) is 0.726. The third kappa shape index (κ3) is 1.54. The van der Waals surface area contributed by atoms with Crippen molar-refractivity contribution < 1.29 is 0 Å². The Morgan fingerprint density at radius 2 is 2.38 bits per heavy atom. The van der Waals surface area contributed by atoms with Crippen molar-refractivity contribution in [2.75, 3.05) is 12.4 Å². The number of aromatic nitrogens is 1. The van der Waals surface area contributed by atoms with Gasteiger partial charge in [0.1, 0.15) is 11.6 Å². The van der Waals surface area contributed by atoms with Crippen LogP contribution in [0.1, 0.15) is 12.5 Å². The largest absolute Gasteiger partial charge is 0.387 e. The van der Waals surface area contributed by atoms with Crippen LogP contribution in [0.5, 0.6) is 0 Å². The SMILES string of the molecule is CCn1ccc(NC)c(C#N)c1=O. The van der Waals surface area contributed by atoms with Gasteiger partial charge in [0.2, 0.25) is 0 Å². The van der Waals surface area contributed by atoms with Crippen LogP contribution in [0.3, 0.4) is 0 Å². The van der Waals surface area contributed by atoms with E-state index in [2.05, 4.69) is 5.32 Å². The average molecular weight is 177 g/mol. The molecule has 1 heterocycles. The first-order chi connectivity index (χ1) is 6.24. The van der Waals surface area contributed by atoms with Crippen molar-refractivity contribution in [2.45, 2.75) is 13.5 Å². The number of hydrogen-bond acceptors (Lipinski definition) is 3. The third-order valence-corrected chi connectivity index (χ3v) is 1.89. The van der Waals surface area contributed by atoms with Crippen molar-refractivity contribution in [1.82, 2.24) is 4.57 Å². The summed E-state index contributed by atoms with van der Waals surface area (Å²) in [5, 5.41) is 11.5. The van der Waals surface area contributed by atoms with Gasteiger partial charge in [0.15, 0.2) is 0 Å². The normalized spacial score (nSPS) is 9.31. The molecule has 4 heteroatoms. The van der Waals surface area contributed by atoms with Gasteiger partial charge < -0.3 is 9.88 Å². The Morgan fingerprint density at radius 3 is 2.85 bits per heavy atom. The summed E-state index contributed by atoms with van der Waals surface area (Å²) in [5.41, 5.74) is 0.515. The molecule has 1 aromatic rings. The Kier molecular flexibility index (Phi) is 2.70. The minimum atomic E-state index is -0.239. The molecule has 4 nitrogen and oxygen atoms in total. The van der Waals surface area contributed by atoms with E-state index >= 15 is 0 Å². The molecule has 0 unspecified atom stereocenters. The first-order valence-corrected chi connectivity index (χ1v) is 4.05. The zero-order chi connectivity index (χ0) is 9.84. The van der Waals surface area contributed by atoms with Crippen LogP contribution in [0.25, 0.3) is 0 Å². The van der Waals surface area contributed by atoms with Crippen LogP contribution < -0.4 is 10.9 Å². The topological polar surface area (TPSA) is 57.8 Å². The second-order valence-corrected chi connectivity index (χ2v) is 2.56. The molecule has 0 fully saturated rings. The molecule has 0 aliphatic rings. The highest BCUT2D eigenvalue weighted by molar-refractivity contribution is 5.55. The number of aryl methyl sites for hydroxylation is 1. The highest BCUT2D eigenvalue weighted by Gasteiger charge is 2.06. The van der Waals surface area contributed by atoms with Crippen molar-refractivity contribution in [2.24, 2.45) is 0 Å². The van der Waals surface area contributed by atoms with E-state index in [9.17, 15) is 4.79 Å². The Labute approximate surface area is 76.4 Å². The van der Waals surface area contributed by atoms with E-state index in [1.165, 1.54) is 4.57 Å². The molecule has 0 saturated carbocycles. The molecule has 68 valence electrons. The maximum absolute atomic E-state index is 11.5. The summed E-state index contributed by atoms with van der Waals surface area (Å²) in [5.74, 6) is 0. The summed E-state index contributed by atoms with van der Waals surface area (Å²) in [6, 6.07) is 3.62. The van der Waals surface area contributed by atoms with Gasteiger partial charge in [-0.05, 0) is 13.0 Å². The Morgan fingerprint density at radius 1 is 1.69 bits per heavy atom. The second kappa shape index (κ2) is 3.76. The van der Waals surface area contributed by atoms with Crippen LogP contribution in [-0.2, 0) is 6.54 Å². The van der Waals surface area contributed by atoms with E-state index < -0.39 is 0 Å². The van der Waals surface area contributed by atoms with Crippen LogP contribution in [0.4, 0.5) is 5.69 Å². The van der Waals surface area contributed by atoms with Crippen molar-refractivity contribution in [3.63, 3.8) is 0 Å². The van der Waals surface area contributed by atoms with E-state index in [0.29, 0.717) is 12.2 Å². The fourth-order valence-corrected chi connectivity index (χ4v) is 1.14. The smallest absolute Gasteiger partial charge is 0.270 e. The number of nitriles is 1. The van der Waals surface area contributed by atoms with E-state index in [1.807, 2.05) is 13.0 Å². The molecule has 0 radical (unpaired) electrons. The van der Waals surface area contributed by atoms with E-state index in [-0.39, 0.29) is 11.1 Å². The summed E-state index contributed by atoms with van der Waals surface area (Å²) in [7, 11) is 1.69. The second-order valence-electron chi connectivity index (χ2n) is 2.56. The summed E-state index contributed by atoms with van der Waals surface area (Å²) in [4.78, 5) is 11.5. The molecule has 0 amide bonds. The molecule has 0 aliphatic heterocycles. The van der Waals surface area contributed by atoms with Gasteiger partial charge in [0.05, 0.1) is 5.69 Å². The van der Waals surface area contributed by atoms with Gasteiger partial charge in [0.25, 0.3) is 5.56 Å². The van der Waals surface area contributed by atoms with Gasteiger partial charge in [-0.3, -0.25) is 4.79 Å². The molecule has 0 aliphatic carbocycles. The predicted molar refractivity (Wildman–Crippen MR) is 50.6 cm³/mol. The lowest BCUT2D eigenvalue weighted by Gasteiger charge is -2.05. The molecular weight excluding hydrogens is 166 g/mol. The van der Waals surface area contributed by atoms with Crippen LogP contribution in [0.2, 0.25) is 0 Å². The molecule has 0 spiro atoms. The van der Waals surface area contributed by atoms with Crippen LogP contribution >= 0.6 is 0 Å². The lowest BCUT2D eigenvalue weighted by molar-refractivity contribution is 0.725. The molecular formula is C9H11N3O. The molecule has 0 saturated heterocycles. The first-order valence-electron chi connectivity index (χ1n) is 4.05. The van der Waals surface area contributed by atoms with Gasteiger partial charge in [-0.15, -0.1) is 0 Å². The molecule has 1 N–H and O–H groups in total. The third-order valence-electron chi connectivity index (χ3n) is 1.89. The van der Waals surface area contributed by atoms with Crippen molar-refractivity contribution in [3.05, 3.63) is 28.2 Å². The van der Waals surface area contributed by atoms with Crippen LogP contribution in [-0.4, -0.2) is 11.6 Å². The number of anilines is 1. The summed E-state index contributed by atoms with van der Waals surface area (Å²) in [6.07, 6.45) is 1.68. The lowest BCUT2D eigenvalue weighted by atomic mass is 10.2. The summed E-state index contributed by atoms with van der Waals surface area (Å²) >= 11 is 0. The Bertz CT molecular complexity index is 400. The average Bonchev–Trinajstić information content (AvgIpc) is 2.17. The van der Waals surface area contributed by atoms with E-state index in [1.54, 1.807) is 19.3 Å². The molecule has 1 rings (SSSR count). The number of nitrogens with zero attached hydrogens (tertiary/aromatic N) is 2. The van der Waals surface area contributed by atoms with Gasteiger partial charge in [-0.2, -0.15) is 5.26 Å². The fourth-order valence-electron chi connectivity index (χ4n) is 1.14. The lowest BCUT2D eigenvalue weighted by Crippen LogP contribution is -2.22. The molecule has 13 heavy (non-hydrogen) atoms. The number of hydrogen-bond donors (Lipinski definition) is 1. The number of pyridine rings is 1. The molecule has 0 aromatic carbocycles. The number of rotatable bonds is 2. The molecule has 0 atom stereocenters. The Hall–Kier alpha value is -1.76. The maximum atomic E-state index is 11.5. The van der Waals surface area contributed by atoms with E-state index in [4.69, 9.17) is 5.26 Å². The van der Waals surface area contributed by atoms with Crippen molar-refractivity contribution >= 4 is 5.69 Å². The zero-order valence-corrected chi connectivity index (χ0v) is 7.66. The predicted octanol–water partition coefficient (Wildman–Crippen LogP) is 0.782. The van der Waals surface area contributed by atoms with Crippen molar-refractivity contribution in [3.8, 4) is 6.07 Å². The van der Waals surface area contributed by atoms with Gasteiger partial charge >= 0.3 is 0 Å². The summed E-state index contributed by atoms with van der Waals surface area (Å²) in [6.45, 7) is 2.44. The van der Waals surface area contributed by atoms with Crippen LogP contribution in [0.15, 0.2) is 17.1 Å². The summed E-state index contributed by atoms with van der Waals surface area (Å²) < 4.78 is 1.50. The number of nitrogens with one attached hydrogen (secondary N) is 1. The van der Waals surface area contributed by atoms with Gasteiger partial charge in [-0.1, -0.05) is 0 Å². The van der Waals surface area contributed by atoms with Gasteiger partial charge in [-0.25, -0.2) is 0 Å². The minimum absolute atomic E-state index is 0.173. The minimum Gasteiger partial charge on any atom is -0.387 e. The highest BCUT2D eigenvalue weighted by atomic mass is 16.1. The maximum Gasteiger partial charge on any atom is 0.270 e. The van der Waals surface area contributed by atoms with Crippen molar-refractivity contribution in [1.29, 1.82) is 5.26 Å². The highest BCUT2D eigenvalue weighted by Crippen LogP contribution is 2.07. The fraction of sp³-hybridized carbons (Fsp3) is 0.333. The standard InChI is InChI=1S/C9H11N3O/c1-3-12-5-4-8(11-2)7(6-10)9(12)13/h4-5,11H,3H2,1-2H3. The van der Waals surface area contributed by atoms with Crippen LogP contribution in [0, 0.1) is 11.3 Å². The Balaban J connectivity index is 3.43. The molecule has 1 aromatic heterocycles.